The van der Waals surface area contributed by atoms with Crippen LogP contribution in [0.15, 0.2) is 0 Å². The Morgan fingerprint density at radius 3 is 2.56 bits per heavy atom. The van der Waals surface area contributed by atoms with Crippen LogP contribution in [0.5, 0.6) is 0 Å². The Balaban J connectivity index is 1.77. The Bertz CT molecular complexity index is 312. The average molecular weight is 255 g/mol. The van der Waals surface area contributed by atoms with Gasteiger partial charge in [-0.2, -0.15) is 0 Å². The molecule has 0 aromatic carbocycles. The minimum absolute atomic E-state index is 0.0244. The molecule has 0 unspecified atom stereocenters. The van der Waals surface area contributed by atoms with Gasteiger partial charge in [0.25, 0.3) is 0 Å². The average Bonchev–Trinajstić information content (AvgIpc) is 2.78. The second-order valence-electron chi connectivity index (χ2n) is 5.30. The normalized spacial score (nSPS) is 29.1. The SMILES string of the molecule is O=C(CC1CCCCC1)N[C@H]1CCO[C@H]1C(=O)O. The van der Waals surface area contributed by atoms with Crippen LogP contribution in [0.2, 0.25) is 0 Å². The molecular formula is C13H21NO4. The van der Waals surface area contributed by atoms with E-state index in [0.29, 0.717) is 25.4 Å². The van der Waals surface area contributed by atoms with Crippen molar-refractivity contribution in [1.29, 1.82) is 0 Å². The quantitative estimate of drug-likeness (QED) is 0.794. The van der Waals surface area contributed by atoms with Crippen molar-refractivity contribution >= 4 is 11.9 Å². The summed E-state index contributed by atoms with van der Waals surface area (Å²) in [6.07, 6.45) is 6.19. The van der Waals surface area contributed by atoms with Gasteiger partial charge in [-0.3, -0.25) is 4.79 Å². The molecular weight excluding hydrogens is 234 g/mol. The fourth-order valence-corrected chi connectivity index (χ4v) is 2.90. The van der Waals surface area contributed by atoms with Crippen molar-refractivity contribution in [3.05, 3.63) is 0 Å². The maximum absolute atomic E-state index is 11.9. The zero-order valence-electron chi connectivity index (χ0n) is 10.6. The van der Waals surface area contributed by atoms with Gasteiger partial charge in [0.1, 0.15) is 0 Å². The molecule has 0 spiro atoms. The van der Waals surface area contributed by atoms with E-state index in [1.54, 1.807) is 0 Å². The number of amides is 1. The van der Waals surface area contributed by atoms with Crippen LogP contribution in [0.4, 0.5) is 0 Å². The lowest BCUT2D eigenvalue weighted by molar-refractivity contribution is -0.148. The van der Waals surface area contributed by atoms with Crippen LogP contribution in [-0.2, 0) is 14.3 Å². The highest BCUT2D eigenvalue weighted by Crippen LogP contribution is 2.26. The highest BCUT2D eigenvalue weighted by Gasteiger charge is 2.35. The first-order chi connectivity index (χ1) is 8.66. The molecule has 2 fully saturated rings. The Labute approximate surface area is 107 Å². The van der Waals surface area contributed by atoms with Crippen LogP contribution >= 0.6 is 0 Å². The lowest BCUT2D eigenvalue weighted by Crippen LogP contribution is -2.44. The van der Waals surface area contributed by atoms with Gasteiger partial charge in [-0.05, 0) is 25.2 Å². The Morgan fingerprint density at radius 2 is 1.89 bits per heavy atom. The van der Waals surface area contributed by atoms with Crippen molar-refractivity contribution in [3.63, 3.8) is 0 Å². The summed E-state index contributed by atoms with van der Waals surface area (Å²) in [4.78, 5) is 22.8. The van der Waals surface area contributed by atoms with E-state index >= 15 is 0 Å². The van der Waals surface area contributed by atoms with Crippen molar-refractivity contribution in [2.24, 2.45) is 5.92 Å². The van der Waals surface area contributed by atoms with Crippen LogP contribution < -0.4 is 5.32 Å². The largest absolute Gasteiger partial charge is 0.479 e. The van der Waals surface area contributed by atoms with Gasteiger partial charge >= 0.3 is 5.97 Å². The fraction of sp³-hybridized carbons (Fsp3) is 0.846. The second-order valence-corrected chi connectivity index (χ2v) is 5.30. The molecule has 2 aliphatic rings. The first kappa shape index (κ1) is 13.3. The zero-order valence-corrected chi connectivity index (χ0v) is 10.6. The van der Waals surface area contributed by atoms with Crippen molar-refractivity contribution in [2.45, 2.75) is 57.1 Å². The Kier molecular flexibility index (Phi) is 4.58. The number of ether oxygens (including phenoxy) is 1. The molecule has 1 saturated heterocycles. The molecule has 102 valence electrons. The van der Waals surface area contributed by atoms with Crippen LogP contribution in [0, 0.1) is 5.92 Å². The van der Waals surface area contributed by atoms with E-state index in [9.17, 15) is 9.59 Å². The number of aliphatic carboxylic acids is 1. The summed E-state index contributed by atoms with van der Waals surface area (Å²) in [6.45, 7) is 0.408. The number of carbonyl (C=O) groups is 2. The highest BCUT2D eigenvalue weighted by molar-refractivity contribution is 5.79. The third-order valence-electron chi connectivity index (χ3n) is 3.88. The number of hydrogen-bond acceptors (Lipinski definition) is 3. The van der Waals surface area contributed by atoms with E-state index in [0.717, 1.165) is 12.8 Å². The van der Waals surface area contributed by atoms with Gasteiger partial charge in [-0.1, -0.05) is 19.3 Å². The van der Waals surface area contributed by atoms with Crippen LogP contribution in [0.3, 0.4) is 0 Å². The van der Waals surface area contributed by atoms with E-state index < -0.39 is 12.1 Å². The molecule has 2 rings (SSSR count). The predicted octanol–water partition coefficient (Wildman–Crippen LogP) is 1.32. The summed E-state index contributed by atoms with van der Waals surface area (Å²) < 4.78 is 5.10. The Hall–Kier alpha value is -1.10. The summed E-state index contributed by atoms with van der Waals surface area (Å²) >= 11 is 0. The van der Waals surface area contributed by atoms with Gasteiger partial charge in [0, 0.05) is 13.0 Å². The molecule has 18 heavy (non-hydrogen) atoms. The number of carboxylic acids is 1. The standard InChI is InChI=1S/C13H21NO4/c15-11(8-9-4-2-1-3-5-9)14-10-6-7-18-12(10)13(16)17/h9-10,12H,1-8H2,(H,14,15)(H,16,17)/t10-,12+/m0/s1. The number of carbonyl (C=O) groups excluding carboxylic acids is 1. The predicted molar refractivity (Wildman–Crippen MR) is 65.1 cm³/mol. The maximum atomic E-state index is 11.9. The Morgan fingerprint density at radius 1 is 1.17 bits per heavy atom. The molecule has 1 aliphatic carbocycles. The van der Waals surface area contributed by atoms with Crippen LogP contribution in [0.1, 0.15) is 44.9 Å². The monoisotopic (exact) mass is 255 g/mol. The number of hydrogen-bond donors (Lipinski definition) is 2. The van der Waals surface area contributed by atoms with Crippen molar-refractivity contribution in [1.82, 2.24) is 5.32 Å². The lowest BCUT2D eigenvalue weighted by atomic mass is 9.87. The first-order valence-electron chi connectivity index (χ1n) is 6.80. The van der Waals surface area contributed by atoms with Gasteiger partial charge in [-0.15, -0.1) is 0 Å². The summed E-state index contributed by atoms with van der Waals surface area (Å²) in [5.74, 6) is -0.538. The van der Waals surface area contributed by atoms with E-state index in [1.165, 1.54) is 19.3 Å². The van der Waals surface area contributed by atoms with Crippen molar-refractivity contribution in [2.75, 3.05) is 6.61 Å². The molecule has 0 bridgehead atoms. The number of nitrogens with one attached hydrogen (secondary N) is 1. The van der Waals surface area contributed by atoms with Crippen molar-refractivity contribution in [3.8, 4) is 0 Å². The van der Waals surface area contributed by atoms with Crippen molar-refractivity contribution < 1.29 is 19.4 Å². The molecule has 1 saturated carbocycles. The topological polar surface area (TPSA) is 75.6 Å². The minimum atomic E-state index is -0.990. The smallest absolute Gasteiger partial charge is 0.334 e. The molecule has 1 aliphatic heterocycles. The zero-order chi connectivity index (χ0) is 13.0. The van der Waals surface area contributed by atoms with Gasteiger partial charge in [0.05, 0.1) is 6.04 Å². The lowest BCUT2D eigenvalue weighted by Gasteiger charge is -2.22. The van der Waals surface area contributed by atoms with E-state index in [4.69, 9.17) is 9.84 Å². The van der Waals surface area contributed by atoms with E-state index in [1.807, 2.05) is 0 Å². The van der Waals surface area contributed by atoms with Gasteiger partial charge < -0.3 is 15.2 Å². The van der Waals surface area contributed by atoms with E-state index in [-0.39, 0.29) is 11.9 Å². The van der Waals surface area contributed by atoms with Gasteiger partial charge in [-0.25, -0.2) is 4.79 Å². The maximum Gasteiger partial charge on any atom is 0.334 e. The summed E-state index contributed by atoms with van der Waals surface area (Å²) in [5.41, 5.74) is 0. The fourth-order valence-electron chi connectivity index (χ4n) is 2.90. The van der Waals surface area contributed by atoms with Gasteiger partial charge in [0.15, 0.2) is 6.10 Å². The first-order valence-corrected chi connectivity index (χ1v) is 6.80. The number of carboxylic acid groups (broad SMARTS) is 1. The summed E-state index contributed by atoms with van der Waals surface area (Å²) in [5, 5.41) is 11.8. The molecule has 0 aromatic heterocycles. The molecule has 5 heteroatoms. The molecule has 2 atom stereocenters. The van der Waals surface area contributed by atoms with Crippen LogP contribution in [0.25, 0.3) is 0 Å². The third-order valence-corrected chi connectivity index (χ3v) is 3.88. The molecule has 5 nitrogen and oxygen atoms in total. The molecule has 1 amide bonds. The minimum Gasteiger partial charge on any atom is -0.479 e. The molecule has 1 heterocycles. The third kappa shape index (κ3) is 3.45. The molecule has 0 aromatic rings. The summed E-state index contributed by atoms with van der Waals surface area (Å²) in [7, 11) is 0. The molecule has 2 N–H and O–H groups in total. The second kappa shape index (κ2) is 6.18. The molecule has 0 radical (unpaired) electrons. The van der Waals surface area contributed by atoms with Gasteiger partial charge in [0.2, 0.25) is 5.91 Å². The van der Waals surface area contributed by atoms with Crippen LogP contribution in [-0.4, -0.2) is 35.7 Å². The highest BCUT2D eigenvalue weighted by atomic mass is 16.5. The number of rotatable bonds is 4. The summed E-state index contributed by atoms with van der Waals surface area (Å²) in [6, 6.07) is -0.362. The van der Waals surface area contributed by atoms with E-state index in [2.05, 4.69) is 5.32 Å².